The van der Waals surface area contributed by atoms with Crippen LogP contribution in [0.4, 0.5) is 0 Å². The maximum absolute atomic E-state index is 13.6. The summed E-state index contributed by atoms with van der Waals surface area (Å²) in [5, 5.41) is 32.3. The van der Waals surface area contributed by atoms with Crippen molar-refractivity contribution in [3.63, 3.8) is 0 Å². The van der Waals surface area contributed by atoms with Crippen LogP contribution in [0.3, 0.4) is 0 Å². The summed E-state index contributed by atoms with van der Waals surface area (Å²) in [5.41, 5.74) is -0.427. The largest absolute Gasteiger partial charge is 1.00 e. The Morgan fingerprint density at radius 3 is 2.53 bits per heavy atom. The number of aliphatic hydroxyl groups excluding tert-OH is 2. The summed E-state index contributed by atoms with van der Waals surface area (Å²) in [7, 11) is 0. The number of Topliss-reactive ketones (excluding diaryl/α,β-unsaturated/α-hetero) is 1. The van der Waals surface area contributed by atoms with Crippen LogP contribution in [0.15, 0.2) is 0 Å². The first kappa shape index (κ1) is 24.7. The van der Waals surface area contributed by atoms with E-state index >= 15 is 0 Å². The van der Waals surface area contributed by atoms with Gasteiger partial charge in [0.25, 0.3) is 0 Å². The van der Waals surface area contributed by atoms with Gasteiger partial charge in [-0.1, -0.05) is 20.8 Å². The number of aliphatic carboxylic acids is 1. The molecule has 0 spiro atoms. The zero-order valence-electron chi connectivity index (χ0n) is 19.1. The standard InChI is InChI=1S/C24H38O5.Na/c1-13(4-7-21(28)29)16-5-6-17-22-18(12-20(27)24(16,17)3)23(2)9-8-15(25)10-14(23)11-19(22)26;/h13-19,22,25-26H,4-12H2,1-3H3,(H,28,29);/q;+1/p-1/t13-,14?,15-,16-,17?,18?,19-,22?,23+,24-;/m1./s1. The average molecular weight is 429 g/mol. The van der Waals surface area contributed by atoms with Crippen molar-refractivity contribution >= 4 is 11.8 Å². The molecule has 0 aliphatic heterocycles. The Morgan fingerprint density at radius 1 is 1.17 bits per heavy atom. The molecule has 0 aromatic carbocycles. The molecule has 0 radical (unpaired) electrons. The van der Waals surface area contributed by atoms with Gasteiger partial charge in [0.15, 0.2) is 0 Å². The molecule has 4 fully saturated rings. The normalized spacial score (nSPS) is 48.7. The Hall–Kier alpha value is 0.0600. The van der Waals surface area contributed by atoms with Gasteiger partial charge in [-0.05, 0) is 92.3 Å². The van der Waals surface area contributed by atoms with Crippen LogP contribution in [0.25, 0.3) is 0 Å². The molecule has 4 aliphatic rings. The van der Waals surface area contributed by atoms with Crippen LogP contribution in [0.1, 0.15) is 78.6 Å². The molecule has 0 heterocycles. The Bertz CT molecular complexity index is 683. The van der Waals surface area contributed by atoms with E-state index in [9.17, 15) is 24.9 Å². The Morgan fingerprint density at radius 2 is 1.87 bits per heavy atom. The summed E-state index contributed by atoms with van der Waals surface area (Å²) in [5.74, 6) is 0.477. The molecule has 2 N–H and O–H groups in total. The van der Waals surface area contributed by atoms with Crippen LogP contribution >= 0.6 is 0 Å². The average Bonchev–Trinajstić information content (AvgIpc) is 3.01. The summed E-state index contributed by atoms with van der Waals surface area (Å²) in [6.45, 7) is 6.49. The molecule has 0 aromatic rings. The predicted octanol–water partition coefficient (Wildman–Crippen LogP) is -0.674. The second kappa shape index (κ2) is 8.78. The topological polar surface area (TPSA) is 97.7 Å². The van der Waals surface area contributed by atoms with Gasteiger partial charge in [-0.25, -0.2) is 0 Å². The predicted molar refractivity (Wildman–Crippen MR) is 106 cm³/mol. The molecule has 10 atom stereocenters. The van der Waals surface area contributed by atoms with Gasteiger partial charge in [0, 0.05) is 17.8 Å². The number of carboxylic acid groups (broad SMARTS) is 1. The summed E-state index contributed by atoms with van der Waals surface area (Å²) in [6.07, 6.45) is 5.55. The zero-order valence-corrected chi connectivity index (χ0v) is 21.1. The SMILES string of the molecule is C[C@H](CCC(=O)[O-])[C@H]1CCC2C3C(CC(=O)[C@@]21C)[C@@]1(C)CC[C@@H](O)CC1C[C@H]3O.[Na+]. The Labute approximate surface area is 202 Å². The van der Waals surface area contributed by atoms with Crippen molar-refractivity contribution in [3.8, 4) is 0 Å². The molecule has 164 valence electrons. The van der Waals surface area contributed by atoms with Gasteiger partial charge >= 0.3 is 29.6 Å². The number of rotatable bonds is 4. The quantitative estimate of drug-likeness (QED) is 0.579. The van der Waals surface area contributed by atoms with E-state index in [2.05, 4.69) is 20.8 Å². The molecule has 30 heavy (non-hydrogen) atoms. The second-order valence-electron chi connectivity index (χ2n) is 11.2. The van der Waals surface area contributed by atoms with Gasteiger partial charge in [-0.15, -0.1) is 0 Å². The van der Waals surface area contributed by atoms with E-state index in [0.717, 1.165) is 38.5 Å². The van der Waals surface area contributed by atoms with Crippen molar-refractivity contribution < 1.29 is 54.5 Å². The molecule has 4 rings (SSSR count). The van der Waals surface area contributed by atoms with Crippen molar-refractivity contribution in [1.82, 2.24) is 0 Å². The molecule has 0 aromatic heterocycles. The fourth-order valence-electron chi connectivity index (χ4n) is 8.41. The number of carbonyl (C=O) groups is 2. The number of carbonyl (C=O) groups excluding carboxylic acids is 2. The first-order valence-corrected chi connectivity index (χ1v) is 11.7. The van der Waals surface area contributed by atoms with Crippen LogP contribution in [-0.4, -0.2) is 34.2 Å². The molecule has 0 saturated heterocycles. The third-order valence-electron chi connectivity index (χ3n) is 10.1. The van der Waals surface area contributed by atoms with Crippen LogP contribution < -0.4 is 34.7 Å². The molecule has 0 amide bonds. The molecule has 4 unspecified atom stereocenters. The Balaban J connectivity index is 0.00000256. The fourth-order valence-corrected chi connectivity index (χ4v) is 8.41. The maximum atomic E-state index is 13.6. The van der Waals surface area contributed by atoms with E-state index in [0.29, 0.717) is 24.5 Å². The van der Waals surface area contributed by atoms with Crippen LogP contribution in [0.5, 0.6) is 0 Å². The van der Waals surface area contributed by atoms with Gasteiger partial charge in [0.05, 0.1) is 12.2 Å². The van der Waals surface area contributed by atoms with E-state index in [-0.39, 0.29) is 77.1 Å². The second-order valence-corrected chi connectivity index (χ2v) is 11.2. The van der Waals surface area contributed by atoms with Crippen LogP contribution in [0.2, 0.25) is 0 Å². The molecule has 4 aliphatic carbocycles. The number of aliphatic hydroxyl groups is 2. The van der Waals surface area contributed by atoms with E-state index < -0.39 is 17.5 Å². The van der Waals surface area contributed by atoms with Gasteiger partial charge in [0.1, 0.15) is 5.78 Å². The summed E-state index contributed by atoms with van der Waals surface area (Å²) in [4.78, 5) is 24.6. The van der Waals surface area contributed by atoms with Gasteiger partial charge in [-0.3, -0.25) is 4.79 Å². The minimum absolute atomic E-state index is 0. The number of hydrogen-bond donors (Lipinski definition) is 2. The minimum Gasteiger partial charge on any atom is -0.550 e. The van der Waals surface area contributed by atoms with Crippen molar-refractivity contribution in [2.45, 2.75) is 90.8 Å². The Kier molecular flexibility index (Phi) is 7.23. The number of fused-ring (bicyclic) bond motifs is 5. The summed E-state index contributed by atoms with van der Waals surface area (Å²) < 4.78 is 0. The summed E-state index contributed by atoms with van der Waals surface area (Å²) in [6, 6.07) is 0. The van der Waals surface area contributed by atoms with Gasteiger partial charge in [-0.2, -0.15) is 0 Å². The fraction of sp³-hybridized carbons (Fsp3) is 0.917. The van der Waals surface area contributed by atoms with Crippen LogP contribution in [-0.2, 0) is 9.59 Å². The first-order valence-electron chi connectivity index (χ1n) is 11.7. The monoisotopic (exact) mass is 428 g/mol. The molecule has 4 saturated carbocycles. The first-order chi connectivity index (χ1) is 13.6. The van der Waals surface area contributed by atoms with Crippen molar-refractivity contribution in [1.29, 1.82) is 0 Å². The zero-order chi connectivity index (χ0) is 21.1. The molecular weight excluding hydrogens is 391 g/mol. The molecular formula is C24H37NaO5. The third kappa shape index (κ3) is 3.75. The molecule has 0 bridgehead atoms. The van der Waals surface area contributed by atoms with Gasteiger partial charge < -0.3 is 20.1 Å². The number of ketones is 1. The van der Waals surface area contributed by atoms with E-state index in [1.165, 1.54) is 0 Å². The smallest absolute Gasteiger partial charge is 0.550 e. The maximum Gasteiger partial charge on any atom is 1.00 e. The van der Waals surface area contributed by atoms with Crippen molar-refractivity contribution in [2.75, 3.05) is 0 Å². The number of carboxylic acids is 1. The van der Waals surface area contributed by atoms with E-state index in [1.807, 2.05) is 0 Å². The van der Waals surface area contributed by atoms with Crippen LogP contribution in [0, 0.1) is 46.3 Å². The van der Waals surface area contributed by atoms with E-state index in [1.54, 1.807) is 0 Å². The van der Waals surface area contributed by atoms with Crippen molar-refractivity contribution in [2.24, 2.45) is 46.3 Å². The minimum atomic E-state index is -1.02. The third-order valence-corrected chi connectivity index (χ3v) is 10.1. The van der Waals surface area contributed by atoms with Gasteiger partial charge in [0.2, 0.25) is 0 Å². The molecule has 6 heteroatoms. The van der Waals surface area contributed by atoms with Crippen molar-refractivity contribution in [3.05, 3.63) is 0 Å². The molecule has 5 nitrogen and oxygen atoms in total. The van der Waals surface area contributed by atoms with E-state index in [4.69, 9.17) is 0 Å². The summed E-state index contributed by atoms with van der Waals surface area (Å²) >= 11 is 0. The number of hydrogen-bond acceptors (Lipinski definition) is 5.